The molecule has 0 saturated heterocycles. The van der Waals surface area contributed by atoms with Gasteiger partial charge < -0.3 is 64.6 Å². The smallest absolute Gasteiger partial charge is 0.228 e. The van der Waals surface area contributed by atoms with Crippen molar-refractivity contribution in [3.05, 3.63) is 5.62 Å². The molecule has 0 aliphatic heterocycles. The van der Waals surface area contributed by atoms with Crippen molar-refractivity contribution in [3.63, 3.8) is 0 Å². The topological polar surface area (TPSA) is 420 Å². The Balaban J connectivity index is 0.953. The molecule has 6 rings (SSSR count). The van der Waals surface area contributed by atoms with Crippen LogP contribution in [0.1, 0.15) is 41.5 Å². The molecule has 0 aliphatic carbocycles. The first-order valence-electron chi connectivity index (χ1n) is 25.6. The summed E-state index contributed by atoms with van der Waals surface area (Å²) in [6, 6.07) is 0. The quantitative estimate of drug-likeness (QED) is 0.0194. The molecule has 31 nitrogen and oxygen atoms in total. The van der Waals surface area contributed by atoms with Crippen LogP contribution >= 0.6 is 70.6 Å². The molecule has 6 heterocycles. The highest BCUT2D eigenvalue weighted by atomic mass is 32.2. The lowest BCUT2D eigenvalue weighted by atomic mass is 10.6. The van der Waals surface area contributed by atoms with Gasteiger partial charge in [-0.15, -0.1) is 0 Å². The number of H-pyrrole nitrogens is 1. The zero-order chi connectivity index (χ0) is 55.9. The van der Waals surface area contributed by atoms with Crippen LogP contribution in [0.25, 0.3) is 0 Å². The van der Waals surface area contributed by atoms with E-state index in [0.29, 0.717) is 175 Å². The minimum Gasteiger partial charge on any atom is -0.368 e. The molecule has 6 aromatic heterocycles. The molecule has 428 valence electrons. The molecular weight excluding hydrogens is 1130 g/mol. The fraction of sp³-hybridized carbons (Fsp3) is 0.571. The van der Waals surface area contributed by atoms with Crippen LogP contribution in [-0.2, 0) is 0 Å². The largest absolute Gasteiger partial charge is 0.368 e. The highest BCUT2D eigenvalue weighted by Crippen LogP contribution is 2.21. The van der Waals surface area contributed by atoms with Crippen LogP contribution in [0.15, 0.2) is 35.9 Å². The number of nitrogens with one attached hydrogen (secondary N) is 11. The number of hydrogen-bond acceptors (Lipinski definition) is 36. The van der Waals surface area contributed by atoms with E-state index in [9.17, 15) is 0 Å². The normalized spacial score (nSPS) is 11.3. The van der Waals surface area contributed by atoms with Crippen molar-refractivity contribution in [2.45, 2.75) is 72.5 Å². The first-order chi connectivity index (χ1) is 38.7. The van der Waals surface area contributed by atoms with Crippen LogP contribution in [0.3, 0.4) is 0 Å². The number of aromatic amines is 1. The summed E-state index contributed by atoms with van der Waals surface area (Å²) in [4.78, 5) is 84.5. The van der Waals surface area contributed by atoms with E-state index in [0.717, 1.165) is 34.5 Å². The molecule has 0 amide bonds. The van der Waals surface area contributed by atoms with Gasteiger partial charge in [-0.05, 0) is 34.5 Å². The SMILES string of the molecule is CCSc1nc(N)nc(NCCNc2nc(NCCNc3nc(NCCNc4nc(NCCNc5nc(NCCNc6nc(SCC)nc(=NCCN)[nH]6)nc(SCC)n5)nc(SCC)n4)nc(SCC)n3)nc(SCC)n2)n1. The molecule has 0 spiro atoms. The molecular formula is C42H69N31S6. The van der Waals surface area contributed by atoms with Gasteiger partial charge in [-0.2, -0.15) is 84.7 Å². The molecule has 0 atom stereocenters. The van der Waals surface area contributed by atoms with E-state index in [2.05, 4.69) is 148 Å². The fourth-order valence-electron chi connectivity index (χ4n) is 6.12. The van der Waals surface area contributed by atoms with Crippen LogP contribution in [0.4, 0.5) is 65.4 Å². The number of thioether (sulfide) groups is 6. The monoisotopic (exact) mass is 1200 g/mol. The third-order valence-electron chi connectivity index (χ3n) is 9.23. The van der Waals surface area contributed by atoms with Crippen molar-refractivity contribution >= 4 is 136 Å². The van der Waals surface area contributed by atoms with E-state index >= 15 is 0 Å². The second-order valence-electron chi connectivity index (χ2n) is 15.2. The summed E-state index contributed by atoms with van der Waals surface area (Å²) in [5, 5.41) is 36.4. The molecule has 0 saturated carbocycles. The second-order valence-corrected chi connectivity index (χ2v) is 22.6. The molecule has 0 bridgehead atoms. The van der Waals surface area contributed by atoms with E-state index in [1.54, 1.807) is 0 Å². The van der Waals surface area contributed by atoms with Gasteiger partial charge in [0.1, 0.15) is 0 Å². The molecule has 0 unspecified atom stereocenters. The predicted molar refractivity (Wildman–Crippen MR) is 323 cm³/mol. The number of hydrogen-bond donors (Lipinski definition) is 13. The Kier molecular flexibility index (Phi) is 27.7. The maximum absolute atomic E-state index is 5.86. The van der Waals surface area contributed by atoms with Crippen molar-refractivity contribution in [2.75, 3.05) is 172 Å². The highest BCUT2D eigenvalue weighted by Gasteiger charge is 2.13. The van der Waals surface area contributed by atoms with Gasteiger partial charge in [-0.25, -0.2) is 4.99 Å². The van der Waals surface area contributed by atoms with E-state index < -0.39 is 0 Å². The number of aromatic nitrogens is 18. The molecule has 0 aromatic carbocycles. The zero-order valence-electron chi connectivity index (χ0n) is 44.9. The van der Waals surface area contributed by atoms with Crippen molar-refractivity contribution in [1.29, 1.82) is 0 Å². The molecule has 0 fully saturated rings. The summed E-state index contributed by atoms with van der Waals surface area (Å²) in [6.45, 7) is 18.0. The molecule has 15 N–H and O–H groups in total. The van der Waals surface area contributed by atoms with Crippen molar-refractivity contribution < 1.29 is 0 Å². The summed E-state index contributed by atoms with van der Waals surface area (Å²) in [6.07, 6.45) is 0. The third kappa shape index (κ3) is 23.1. The van der Waals surface area contributed by atoms with E-state index in [1.807, 2.05) is 41.5 Å². The first-order valence-corrected chi connectivity index (χ1v) is 31.5. The maximum Gasteiger partial charge on any atom is 0.228 e. The average molecular weight is 1200 g/mol. The van der Waals surface area contributed by atoms with E-state index in [1.165, 1.54) is 70.6 Å². The van der Waals surface area contributed by atoms with Gasteiger partial charge in [0.15, 0.2) is 30.9 Å². The second kappa shape index (κ2) is 35.4. The average Bonchev–Trinajstić information content (AvgIpc) is 3.43. The number of nitrogen functional groups attached to an aromatic ring is 1. The number of nitrogens with two attached hydrogens (primary N) is 2. The third-order valence-corrected chi connectivity index (χ3v) is 13.6. The van der Waals surface area contributed by atoms with Crippen LogP contribution in [0.5, 0.6) is 0 Å². The van der Waals surface area contributed by atoms with Gasteiger partial charge in [0.05, 0.1) is 6.54 Å². The Morgan fingerprint density at radius 1 is 0.329 bits per heavy atom. The Morgan fingerprint density at radius 3 is 0.861 bits per heavy atom. The van der Waals surface area contributed by atoms with Gasteiger partial charge in [0.2, 0.25) is 71.0 Å². The van der Waals surface area contributed by atoms with Crippen LogP contribution in [0, 0.1) is 0 Å². The number of rotatable bonds is 39. The van der Waals surface area contributed by atoms with E-state index in [4.69, 9.17) is 11.5 Å². The maximum atomic E-state index is 5.86. The van der Waals surface area contributed by atoms with Gasteiger partial charge in [0, 0.05) is 72.0 Å². The first kappa shape index (κ1) is 61.9. The van der Waals surface area contributed by atoms with Gasteiger partial charge >= 0.3 is 0 Å². The Labute approximate surface area is 483 Å². The van der Waals surface area contributed by atoms with Gasteiger partial charge in [-0.3, -0.25) is 4.98 Å². The fourth-order valence-corrected chi connectivity index (χ4v) is 9.50. The summed E-state index contributed by atoms with van der Waals surface area (Å²) >= 11 is 9.12. The number of nitrogens with zero attached hydrogens (tertiary/aromatic N) is 18. The summed E-state index contributed by atoms with van der Waals surface area (Å²) in [7, 11) is 0. The Hall–Kier alpha value is -6.28. The highest BCUT2D eigenvalue weighted by molar-refractivity contribution is 8.00. The summed E-state index contributed by atoms with van der Waals surface area (Å²) < 4.78 is 0. The molecule has 79 heavy (non-hydrogen) atoms. The van der Waals surface area contributed by atoms with Crippen molar-refractivity contribution in [2.24, 2.45) is 10.7 Å². The molecule has 0 aliphatic rings. The number of anilines is 11. The van der Waals surface area contributed by atoms with Crippen molar-refractivity contribution in [1.82, 2.24) is 89.7 Å². The Morgan fingerprint density at radius 2 is 0.582 bits per heavy atom. The standard InChI is InChI=1S/C42H69N31S6/c1-7-74-37-57-25(44)56-26(63-37)46-15-16-47-29-59-30(67-39(66-29)76-9-3)50-19-20-51-33-61-34(71-41(70-33)78-11-5)54-23-24-55-36-62-35(72-42(73-36)79-12-6)53-22-21-52-32-60-31(68-40(69-32)77-10-4)49-18-17-48-28-58-27(45-14-13-43)64-38(65-28)75-8-2/h7-24,43H2,1-6H3,(H3,44,46,56,57,63)(H2,45,48,58,64,65)(H2,47,50,59,66,67)(H2,49,52,60,68,69)(H2,51,54,61,70,71)(H2,53,55,62,72,73). The summed E-state index contributed by atoms with van der Waals surface area (Å²) in [5.41, 5.74) is 12.0. The minimum atomic E-state index is 0.168. The molecule has 37 heteroatoms. The molecule has 0 radical (unpaired) electrons. The van der Waals surface area contributed by atoms with Crippen LogP contribution < -0.4 is 70.3 Å². The predicted octanol–water partition coefficient (Wildman–Crippen LogP) is 3.46. The van der Waals surface area contributed by atoms with Gasteiger partial charge in [0.25, 0.3) is 0 Å². The molecule has 6 aromatic rings. The minimum absolute atomic E-state index is 0.168. The zero-order valence-corrected chi connectivity index (χ0v) is 49.8. The lowest BCUT2D eigenvalue weighted by Gasteiger charge is -2.13. The Bertz CT molecular complexity index is 2830. The lowest BCUT2D eigenvalue weighted by molar-refractivity contribution is 0.797. The van der Waals surface area contributed by atoms with E-state index in [-0.39, 0.29) is 5.95 Å². The summed E-state index contributed by atoms with van der Waals surface area (Å²) in [5.74, 6) is 9.48. The van der Waals surface area contributed by atoms with Crippen LogP contribution in [-0.4, -0.2) is 203 Å². The van der Waals surface area contributed by atoms with Crippen molar-refractivity contribution in [3.8, 4) is 0 Å². The van der Waals surface area contributed by atoms with Gasteiger partial charge in [-0.1, -0.05) is 112 Å². The lowest BCUT2D eigenvalue weighted by Crippen LogP contribution is -2.23. The van der Waals surface area contributed by atoms with Crippen LogP contribution in [0.2, 0.25) is 0 Å².